The lowest BCUT2D eigenvalue weighted by Gasteiger charge is -2.35. The van der Waals surface area contributed by atoms with E-state index >= 15 is 0 Å². The summed E-state index contributed by atoms with van der Waals surface area (Å²) in [6.07, 6.45) is 1.80. The minimum Gasteiger partial charge on any atom is -0.471 e. The van der Waals surface area contributed by atoms with Crippen molar-refractivity contribution >= 4 is 23.4 Å². The topological polar surface area (TPSA) is 83.0 Å². The Balaban J connectivity index is 1.58. The van der Waals surface area contributed by atoms with E-state index < -0.39 is 5.97 Å². The van der Waals surface area contributed by atoms with Gasteiger partial charge in [0.15, 0.2) is 6.73 Å². The second kappa shape index (κ2) is 5.62. The molecular weight excluding hydrogens is 344 g/mol. The Bertz CT molecular complexity index is 981. The number of aryl methyl sites for hydroxylation is 2. The maximum atomic E-state index is 5.92. The maximum absolute atomic E-state index is 5.92. The van der Waals surface area contributed by atoms with E-state index in [1.165, 1.54) is 0 Å². The minimum atomic E-state index is -1.16. The van der Waals surface area contributed by atoms with E-state index in [0.29, 0.717) is 12.5 Å². The van der Waals surface area contributed by atoms with E-state index in [4.69, 9.17) is 9.57 Å². The van der Waals surface area contributed by atoms with Gasteiger partial charge in [-0.3, -0.25) is 4.90 Å². The lowest BCUT2D eigenvalue weighted by Crippen LogP contribution is -2.51. The number of benzene rings is 1. The molecule has 1 atom stereocenters. The smallest absolute Gasteiger partial charge is 0.353 e. The first kappa shape index (κ1) is 16.0. The molecule has 27 heavy (non-hydrogen) atoms. The predicted molar refractivity (Wildman–Crippen MR) is 104 cm³/mol. The van der Waals surface area contributed by atoms with Crippen LogP contribution in [0.15, 0.2) is 46.7 Å². The number of aliphatic imine (C=N–C) groups is 1. The van der Waals surface area contributed by atoms with Gasteiger partial charge in [0.2, 0.25) is 0 Å². The van der Waals surface area contributed by atoms with Gasteiger partial charge in [-0.05, 0) is 56.7 Å². The zero-order chi connectivity index (χ0) is 18.6. The van der Waals surface area contributed by atoms with Gasteiger partial charge in [-0.15, -0.1) is 0 Å². The molecule has 3 N–H and O–H groups in total. The normalized spacial score (nSPS) is 22.3. The van der Waals surface area contributed by atoms with Gasteiger partial charge in [-0.25, -0.2) is 20.3 Å². The molecule has 0 radical (unpaired) electrons. The standard InChI is InChI=1S/C19H20N6O2/c1-11-6-13(3)22-17(7-11)23-19-21-9-12(2)18(24-27-19)25(19)14-4-5-16-15(8-14)20-10-26-16/h4-9,20,24H,10H2,1-3H3,(H,22,23). The molecule has 8 heteroatoms. The summed E-state index contributed by atoms with van der Waals surface area (Å²) in [6, 6.07) is 9.96. The maximum Gasteiger partial charge on any atom is 0.353 e. The van der Waals surface area contributed by atoms with Crippen LogP contribution in [0.25, 0.3) is 0 Å². The van der Waals surface area contributed by atoms with Crippen LogP contribution in [0.4, 0.5) is 17.2 Å². The number of anilines is 3. The molecule has 2 aromatic rings. The number of nitrogens with one attached hydrogen (secondary N) is 3. The molecule has 1 aromatic heterocycles. The molecular formula is C19H20N6O2. The van der Waals surface area contributed by atoms with Crippen LogP contribution >= 0.6 is 0 Å². The quantitative estimate of drug-likeness (QED) is 0.772. The average Bonchev–Trinajstić information content (AvgIpc) is 3.19. The van der Waals surface area contributed by atoms with Gasteiger partial charge in [-0.1, -0.05) is 0 Å². The predicted octanol–water partition coefficient (Wildman–Crippen LogP) is 2.84. The summed E-state index contributed by atoms with van der Waals surface area (Å²) in [4.78, 5) is 17.2. The van der Waals surface area contributed by atoms with Gasteiger partial charge in [0.05, 0.1) is 11.4 Å². The number of hydroxylamine groups is 1. The van der Waals surface area contributed by atoms with Crippen molar-refractivity contribution in [2.75, 3.05) is 22.3 Å². The summed E-state index contributed by atoms with van der Waals surface area (Å²) in [6.45, 7) is 6.46. The van der Waals surface area contributed by atoms with E-state index in [1.807, 2.05) is 56.0 Å². The molecule has 0 aliphatic carbocycles. The third kappa shape index (κ3) is 2.48. The van der Waals surface area contributed by atoms with E-state index in [9.17, 15) is 0 Å². The Labute approximate surface area is 156 Å². The Morgan fingerprint density at radius 1 is 1.19 bits per heavy atom. The molecule has 8 nitrogen and oxygen atoms in total. The van der Waals surface area contributed by atoms with Gasteiger partial charge in [-0.2, -0.15) is 0 Å². The van der Waals surface area contributed by atoms with Gasteiger partial charge < -0.3 is 15.4 Å². The van der Waals surface area contributed by atoms with Gasteiger partial charge in [0, 0.05) is 17.5 Å². The van der Waals surface area contributed by atoms with Crippen molar-refractivity contribution in [2.24, 2.45) is 4.99 Å². The van der Waals surface area contributed by atoms with Crippen LogP contribution in [0.3, 0.4) is 0 Å². The molecule has 2 bridgehead atoms. The summed E-state index contributed by atoms with van der Waals surface area (Å²) >= 11 is 0. The molecule has 3 aliphatic rings. The number of pyridine rings is 1. The second-order valence-corrected chi connectivity index (χ2v) is 6.88. The van der Waals surface area contributed by atoms with Crippen molar-refractivity contribution < 1.29 is 9.57 Å². The molecule has 1 unspecified atom stereocenters. The molecule has 138 valence electrons. The zero-order valence-electron chi connectivity index (χ0n) is 15.3. The molecule has 0 spiro atoms. The van der Waals surface area contributed by atoms with E-state index in [0.717, 1.165) is 39.8 Å². The lowest BCUT2D eigenvalue weighted by molar-refractivity contribution is -0.0216. The third-order valence-electron chi connectivity index (χ3n) is 4.72. The van der Waals surface area contributed by atoms with E-state index in [-0.39, 0.29) is 0 Å². The molecule has 4 heterocycles. The Morgan fingerprint density at radius 3 is 2.93 bits per heavy atom. The largest absolute Gasteiger partial charge is 0.471 e. The monoisotopic (exact) mass is 364 g/mol. The molecule has 1 aromatic carbocycles. The highest BCUT2D eigenvalue weighted by atomic mass is 16.7. The van der Waals surface area contributed by atoms with E-state index in [2.05, 4.69) is 26.1 Å². The second-order valence-electron chi connectivity index (χ2n) is 6.88. The first-order valence-electron chi connectivity index (χ1n) is 8.79. The fourth-order valence-electron chi connectivity index (χ4n) is 3.55. The fraction of sp³-hybridized carbons (Fsp3) is 0.263. The molecule has 1 saturated heterocycles. The van der Waals surface area contributed by atoms with Crippen molar-refractivity contribution in [1.29, 1.82) is 0 Å². The zero-order valence-corrected chi connectivity index (χ0v) is 15.3. The Morgan fingerprint density at radius 2 is 2.07 bits per heavy atom. The van der Waals surface area contributed by atoms with Crippen LogP contribution in [-0.2, 0) is 4.84 Å². The number of hydrogen-bond acceptors (Lipinski definition) is 8. The number of rotatable bonds is 3. The van der Waals surface area contributed by atoms with E-state index in [1.54, 1.807) is 6.21 Å². The lowest BCUT2D eigenvalue weighted by atomic mass is 10.2. The summed E-state index contributed by atoms with van der Waals surface area (Å²) in [5.74, 6) is 1.21. The summed E-state index contributed by atoms with van der Waals surface area (Å²) in [7, 11) is 0. The Kier molecular flexibility index (Phi) is 3.32. The van der Waals surface area contributed by atoms with Gasteiger partial charge in [0.1, 0.15) is 17.4 Å². The number of ether oxygens (including phenoxy) is 1. The van der Waals surface area contributed by atoms with Crippen LogP contribution in [0.1, 0.15) is 18.2 Å². The number of hydrogen-bond donors (Lipinski definition) is 3. The minimum absolute atomic E-state index is 0.475. The first-order valence-corrected chi connectivity index (χ1v) is 8.79. The molecule has 1 fully saturated rings. The van der Waals surface area contributed by atoms with Crippen LogP contribution in [-0.4, -0.2) is 23.9 Å². The van der Waals surface area contributed by atoms with Crippen molar-refractivity contribution in [1.82, 2.24) is 10.5 Å². The number of allylic oxidation sites excluding steroid dienone is 1. The molecule has 5 rings (SSSR count). The van der Waals surface area contributed by atoms with Crippen LogP contribution < -0.4 is 25.8 Å². The third-order valence-corrected chi connectivity index (χ3v) is 4.72. The fourth-order valence-corrected chi connectivity index (χ4v) is 3.55. The summed E-state index contributed by atoms with van der Waals surface area (Å²) in [5, 5.41) is 6.57. The van der Waals surface area contributed by atoms with Crippen LogP contribution in [0.2, 0.25) is 0 Å². The van der Waals surface area contributed by atoms with Crippen molar-refractivity contribution in [3.63, 3.8) is 0 Å². The van der Waals surface area contributed by atoms with Crippen LogP contribution in [0.5, 0.6) is 5.75 Å². The van der Waals surface area contributed by atoms with Gasteiger partial charge >= 0.3 is 5.97 Å². The van der Waals surface area contributed by atoms with Crippen molar-refractivity contribution in [2.45, 2.75) is 26.7 Å². The van der Waals surface area contributed by atoms with Crippen LogP contribution in [0, 0.1) is 13.8 Å². The molecule has 0 saturated carbocycles. The van der Waals surface area contributed by atoms with Gasteiger partial charge in [0.25, 0.3) is 0 Å². The SMILES string of the molecule is CC1=C2NOC(Nc3cc(C)cc(C)n3)(N=C1)N2c1ccc2c(c1)NCO2. The molecule has 0 amide bonds. The highest BCUT2D eigenvalue weighted by Gasteiger charge is 2.50. The number of nitrogens with zero attached hydrogens (tertiary/aromatic N) is 3. The summed E-state index contributed by atoms with van der Waals surface area (Å²) < 4.78 is 5.53. The highest BCUT2D eigenvalue weighted by molar-refractivity contribution is 5.84. The highest BCUT2D eigenvalue weighted by Crippen LogP contribution is 2.41. The number of aromatic nitrogens is 1. The average molecular weight is 364 g/mol. The first-order chi connectivity index (χ1) is 13.0. The van der Waals surface area contributed by atoms with Crippen molar-refractivity contribution in [3.8, 4) is 5.75 Å². The van der Waals surface area contributed by atoms with Crippen molar-refractivity contribution in [3.05, 3.63) is 53.0 Å². The number of fused-ring (bicyclic) bond motifs is 3. The Hall–Kier alpha value is -3.26. The molecule has 3 aliphatic heterocycles. The summed E-state index contributed by atoms with van der Waals surface area (Å²) in [5.41, 5.74) is 7.89.